The minimum atomic E-state index is -2.49. The van der Waals surface area contributed by atoms with E-state index in [0.29, 0.717) is 18.0 Å². The molecule has 0 unspecified atom stereocenters. The minimum absolute atomic E-state index is 0.360. The smallest absolute Gasteiger partial charge is 0.377 e. The summed E-state index contributed by atoms with van der Waals surface area (Å²) in [7, 11) is 2.48. The SMILES string of the molecule is CO[Si](OC)(OC)C1CCC(CN=C=O)CC1. The van der Waals surface area contributed by atoms with Crippen LogP contribution in [0.15, 0.2) is 4.99 Å². The fraction of sp³-hybridized carbons (Fsp3) is 0.909. The molecule has 98 valence electrons. The van der Waals surface area contributed by atoms with E-state index in [0.717, 1.165) is 25.7 Å². The molecule has 0 N–H and O–H groups in total. The van der Waals surface area contributed by atoms with Crippen molar-refractivity contribution in [3.8, 4) is 0 Å². The molecule has 0 radical (unpaired) electrons. The molecule has 1 saturated carbocycles. The van der Waals surface area contributed by atoms with Crippen LogP contribution in [0.5, 0.6) is 0 Å². The molecule has 0 bridgehead atoms. The lowest BCUT2D eigenvalue weighted by atomic mass is 9.89. The summed E-state index contributed by atoms with van der Waals surface area (Å²) < 4.78 is 16.5. The molecule has 0 spiro atoms. The van der Waals surface area contributed by atoms with Crippen LogP contribution in [0.25, 0.3) is 0 Å². The lowest BCUT2D eigenvalue weighted by molar-refractivity contribution is 0.101. The van der Waals surface area contributed by atoms with E-state index in [-0.39, 0.29) is 0 Å². The molecule has 0 aromatic heterocycles. The van der Waals surface area contributed by atoms with Gasteiger partial charge in [0.25, 0.3) is 0 Å². The standard InChI is InChI=1S/C11H21NO4Si/c1-14-17(15-2,16-3)11-6-4-10(5-7-11)8-12-9-13/h10-11H,4-8H2,1-3H3. The molecular formula is C11H21NO4Si. The molecule has 6 heteroatoms. The summed E-state index contributed by atoms with van der Waals surface area (Å²) in [6.45, 7) is 0.595. The predicted octanol–water partition coefficient (Wildman–Crippen LogP) is 1.76. The van der Waals surface area contributed by atoms with E-state index < -0.39 is 8.80 Å². The lowest BCUT2D eigenvalue weighted by Gasteiger charge is -2.36. The van der Waals surface area contributed by atoms with Crippen molar-refractivity contribution in [3.63, 3.8) is 0 Å². The van der Waals surface area contributed by atoms with Crippen LogP contribution in [-0.4, -0.2) is 42.8 Å². The molecule has 0 aromatic carbocycles. The average molecular weight is 259 g/mol. The third-order valence-corrected chi connectivity index (χ3v) is 6.90. The van der Waals surface area contributed by atoms with Gasteiger partial charge in [-0.25, -0.2) is 9.79 Å². The van der Waals surface area contributed by atoms with Gasteiger partial charge in [0, 0.05) is 26.9 Å². The van der Waals surface area contributed by atoms with Gasteiger partial charge in [0.2, 0.25) is 6.08 Å². The van der Waals surface area contributed by atoms with Gasteiger partial charge in [-0.3, -0.25) is 0 Å². The van der Waals surface area contributed by atoms with Crippen molar-refractivity contribution in [2.24, 2.45) is 10.9 Å². The van der Waals surface area contributed by atoms with E-state index in [2.05, 4.69) is 4.99 Å². The summed E-state index contributed by atoms with van der Waals surface area (Å²) in [5.74, 6) is 0.491. The largest absolute Gasteiger partial charge is 0.503 e. The summed E-state index contributed by atoms with van der Waals surface area (Å²) in [5, 5.41) is 0. The first kappa shape index (κ1) is 14.5. The number of rotatable bonds is 6. The Balaban J connectivity index is 2.52. The molecule has 17 heavy (non-hydrogen) atoms. The second-order valence-corrected chi connectivity index (χ2v) is 7.61. The summed E-state index contributed by atoms with van der Waals surface area (Å²) >= 11 is 0. The molecule has 0 atom stereocenters. The molecule has 1 fully saturated rings. The van der Waals surface area contributed by atoms with Gasteiger partial charge in [-0.2, -0.15) is 0 Å². The van der Waals surface area contributed by atoms with Gasteiger partial charge in [-0.1, -0.05) is 0 Å². The summed E-state index contributed by atoms with van der Waals surface area (Å²) in [6, 6.07) is 0. The zero-order valence-corrected chi connectivity index (χ0v) is 11.8. The van der Waals surface area contributed by atoms with E-state index in [1.807, 2.05) is 0 Å². The second kappa shape index (κ2) is 7.03. The Bertz CT molecular complexity index is 260. The molecule has 0 saturated heterocycles. The number of aliphatic imine (C=N–C) groups is 1. The zero-order valence-electron chi connectivity index (χ0n) is 10.8. The van der Waals surface area contributed by atoms with E-state index in [4.69, 9.17) is 13.3 Å². The number of carbonyl (C=O) groups excluding carboxylic acids is 1. The molecule has 1 aliphatic carbocycles. The summed E-state index contributed by atoms with van der Waals surface area (Å²) in [6.07, 6.45) is 5.71. The fourth-order valence-electron chi connectivity index (χ4n) is 2.61. The van der Waals surface area contributed by atoms with Gasteiger partial charge in [-0.05, 0) is 31.6 Å². The number of hydrogen-bond acceptors (Lipinski definition) is 5. The van der Waals surface area contributed by atoms with Gasteiger partial charge in [-0.15, -0.1) is 0 Å². The van der Waals surface area contributed by atoms with Crippen LogP contribution in [0.1, 0.15) is 25.7 Å². The van der Waals surface area contributed by atoms with E-state index in [1.54, 1.807) is 27.4 Å². The maximum Gasteiger partial charge on any atom is 0.503 e. The van der Waals surface area contributed by atoms with Gasteiger partial charge in [0.15, 0.2) is 0 Å². The molecule has 0 aliphatic heterocycles. The number of nitrogens with zero attached hydrogens (tertiary/aromatic N) is 1. The molecule has 0 amide bonds. The zero-order chi connectivity index (χ0) is 12.7. The quantitative estimate of drug-likeness (QED) is 0.414. The van der Waals surface area contributed by atoms with Crippen LogP contribution in [0.2, 0.25) is 5.54 Å². The van der Waals surface area contributed by atoms with Gasteiger partial charge in [0.1, 0.15) is 0 Å². The first-order valence-corrected chi connectivity index (χ1v) is 7.71. The van der Waals surface area contributed by atoms with Crippen molar-refractivity contribution in [3.05, 3.63) is 0 Å². The van der Waals surface area contributed by atoms with E-state index in [1.165, 1.54) is 0 Å². The minimum Gasteiger partial charge on any atom is -0.377 e. The normalized spacial score (nSPS) is 25.4. The summed E-state index contributed by atoms with van der Waals surface area (Å²) in [4.78, 5) is 13.7. The average Bonchev–Trinajstić information content (AvgIpc) is 2.40. The highest BCUT2D eigenvalue weighted by atomic mass is 28.4. The topological polar surface area (TPSA) is 57.1 Å². The van der Waals surface area contributed by atoms with Crippen molar-refractivity contribution < 1.29 is 18.1 Å². The maximum atomic E-state index is 10.1. The Morgan fingerprint density at radius 2 is 1.65 bits per heavy atom. The highest BCUT2D eigenvalue weighted by Gasteiger charge is 2.48. The Morgan fingerprint density at radius 3 is 2.06 bits per heavy atom. The second-order valence-electron chi connectivity index (χ2n) is 4.37. The van der Waals surface area contributed by atoms with Crippen LogP contribution in [0, 0.1) is 5.92 Å². The Labute approximate surface area is 104 Å². The first-order valence-electron chi connectivity index (χ1n) is 5.91. The molecule has 0 heterocycles. The van der Waals surface area contributed by atoms with Crippen molar-refractivity contribution in [2.45, 2.75) is 31.2 Å². The Morgan fingerprint density at radius 1 is 1.12 bits per heavy atom. The van der Waals surface area contributed by atoms with Crippen molar-refractivity contribution >= 4 is 14.9 Å². The van der Waals surface area contributed by atoms with Crippen molar-refractivity contribution in [1.29, 1.82) is 0 Å². The van der Waals surface area contributed by atoms with Gasteiger partial charge >= 0.3 is 8.80 Å². The molecule has 1 aliphatic rings. The van der Waals surface area contributed by atoms with Crippen LogP contribution in [-0.2, 0) is 18.1 Å². The molecule has 1 rings (SSSR count). The number of isocyanates is 1. The summed E-state index contributed by atoms with van der Waals surface area (Å²) in [5.41, 5.74) is 0.360. The lowest BCUT2D eigenvalue weighted by Crippen LogP contribution is -2.48. The third kappa shape index (κ3) is 3.47. The molecule has 0 aromatic rings. The van der Waals surface area contributed by atoms with Crippen LogP contribution >= 0.6 is 0 Å². The highest BCUT2D eigenvalue weighted by Crippen LogP contribution is 2.40. The first-order chi connectivity index (χ1) is 8.22. The van der Waals surface area contributed by atoms with Crippen LogP contribution in [0.4, 0.5) is 0 Å². The van der Waals surface area contributed by atoms with Crippen LogP contribution < -0.4 is 0 Å². The van der Waals surface area contributed by atoms with E-state index >= 15 is 0 Å². The Hall–Kier alpha value is -0.523. The fourth-order valence-corrected chi connectivity index (χ4v) is 5.16. The van der Waals surface area contributed by atoms with Crippen LogP contribution in [0.3, 0.4) is 0 Å². The van der Waals surface area contributed by atoms with Gasteiger partial charge < -0.3 is 13.3 Å². The van der Waals surface area contributed by atoms with Crippen molar-refractivity contribution in [1.82, 2.24) is 0 Å². The van der Waals surface area contributed by atoms with Crippen molar-refractivity contribution in [2.75, 3.05) is 27.9 Å². The highest BCUT2D eigenvalue weighted by molar-refractivity contribution is 6.62. The maximum absolute atomic E-state index is 10.1. The predicted molar refractivity (Wildman–Crippen MR) is 65.5 cm³/mol. The molecular weight excluding hydrogens is 238 g/mol. The van der Waals surface area contributed by atoms with E-state index in [9.17, 15) is 4.79 Å². The Kier molecular flexibility index (Phi) is 6.01. The number of hydrogen-bond donors (Lipinski definition) is 0. The third-order valence-electron chi connectivity index (χ3n) is 3.61. The van der Waals surface area contributed by atoms with Gasteiger partial charge in [0.05, 0.1) is 6.54 Å². The monoisotopic (exact) mass is 259 g/mol. The molecule has 5 nitrogen and oxygen atoms in total.